The Bertz CT molecular complexity index is 885. The molecular formula is C20H25F3N4O2S. The van der Waals surface area contributed by atoms with Gasteiger partial charge in [-0.25, -0.2) is 9.97 Å². The lowest BCUT2D eigenvalue weighted by molar-refractivity contribution is -0.141. The van der Waals surface area contributed by atoms with Crippen molar-refractivity contribution < 1.29 is 22.4 Å². The Balaban J connectivity index is 1.77. The minimum absolute atomic E-state index is 0.0298. The number of anilines is 1. The van der Waals surface area contributed by atoms with Gasteiger partial charge in [0.25, 0.3) is 5.91 Å². The molecule has 164 valence electrons. The van der Waals surface area contributed by atoms with Crippen molar-refractivity contribution in [1.82, 2.24) is 15.3 Å². The molecule has 1 saturated heterocycles. The molecule has 0 bridgehead atoms. The summed E-state index contributed by atoms with van der Waals surface area (Å²) in [5.74, 6) is 0.793. The molecule has 0 aromatic carbocycles. The van der Waals surface area contributed by atoms with Crippen molar-refractivity contribution in [3.8, 4) is 0 Å². The second-order valence-electron chi connectivity index (χ2n) is 7.61. The highest BCUT2D eigenvalue weighted by Crippen LogP contribution is 2.34. The van der Waals surface area contributed by atoms with Gasteiger partial charge in [-0.2, -0.15) is 13.2 Å². The monoisotopic (exact) mass is 442 g/mol. The van der Waals surface area contributed by atoms with Gasteiger partial charge >= 0.3 is 6.18 Å². The van der Waals surface area contributed by atoms with Gasteiger partial charge in [0, 0.05) is 24.7 Å². The van der Waals surface area contributed by atoms with Crippen LogP contribution in [0.4, 0.5) is 19.0 Å². The second kappa shape index (κ2) is 9.28. The van der Waals surface area contributed by atoms with Crippen LogP contribution in [0.5, 0.6) is 0 Å². The zero-order chi connectivity index (χ0) is 21.9. The Labute approximate surface area is 177 Å². The molecule has 1 aliphatic rings. The number of furan rings is 1. The largest absolute Gasteiger partial charge is 0.455 e. The number of nitrogens with zero attached hydrogens (tertiary/aromatic N) is 3. The van der Waals surface area contributed by atoms with E-state index in [0.717, 1.165) is 37.1 Å². The maximum Gasteiger partial charge on any atom is 0.433 e. The molecule has 3 heterocycles. The molecule has 0 spiro atoms. The molecule has 10 heteroatoms. The summed E-state index contributed by atoms with van der Waals surface area (Å²) in [6.07, 6.45) is -1.66. The summed E-state index contributed by atoms with van der Waals surface area (Å²) in [4.78, 5) is 22.0. The van der Waals surface area contributed by atoms with Crippen LogP contribution in [0.1, 0.15) is 62.0 Å². The van der Waals surface area contributed by atoms with E-state index < -0.39 is 11.9 Å². The van der Waals surface area contributed by atoms with E-state index >= 15 is 0 Å². The molecule has 0 radical (unpaired) electrons. The van der Waals surface area contributed by atoms with Crippen molar-refractivity contribution in [2.24, 2.45) is 0 Å². The predicted octanol–water partition coefficient (Wildman–Crippen LogP) is 4.90. The van der Waals surface area contributed by atoms with Gasteiger partial charge in [-0.3, -0.25) is 4.79 Å². The third-order valence-corrected chi connectivity index (χ3v) is 5.60. The Morgan fingerprint density at radius 3 is 2.77 bits per heavy atom. The third kappa shape index (κ3) is 5.68. The zero-order valence-electron chi connectivity index (χ0n) is 17.1. The minimum Gasteiger partial charge on any atom is -0.455 e. The standard InChI is InChI=1S/C20H25F3N4O2S/c1-12(2)24-18(28)15-8-7-14(29-15)11-30-19-25-16(20(21,22)23)10-17(26-19)27-9-5-4-6-13(27)3/h7-8,10,12-13H,4-6,9,11H2,1-3H3,(H,24,28)/t13-/m1/s1. The van der Waals surface area contributed by atoms with Crippen LogP contribution in [-0.4, -0.2) is 34.5 Å². The maximum absolute atomic E-state index is 13.4. The van der Waals surface area contributed by atoms with Crippen LogP contribution in [0.2, 0.25) is 0 Å². The number of rotatable bonds is 6. The SMILES string of the molecule is CC(C)NC(=O)c1ccc(CSc2nc(N3CCCC[C@H]3C)cc(C(F)(F)F)n2)o1. The molecule has 1 amide bonds. The van der Waals surface area contributed by atoms with Crippen LogP contribution in [0, 0.1) is 0 Å². The van der Waals surface area contributed by atoms with Gasteiger partial charge in [0.15, 0.2) is 16.6 Å². The summed E-state index contributed by atoms with van der Waals surface area (Å²) in [5, 5.41) is 2.75. The van der Waals surface area contributed by atoms with E-state index in [1.165, 1.54) is 0 Å². The Kier molecular flexibility index (Phi) is 6.95. The summed E-state index contributed by atoms with van der Waals surface area (Å²) < 4.78 is 45.7. The van der Waals surface area contributed by atoms with E-state index in [1.807, 2.05) is 25.7 Å². The number of piperidine rings is 1. The lowest BCUT2D eigenvalue weighted by atomic mass is 10.0. The molecule has 3 rings (SSSR count). The van der Waals surface area contributed by atoms with Gasteiger partial charge in [0.1, 0.15) is 11.6 Å². The van der Waals surface area contributed by atoms with Crippen LogP contribution < -0.4 is 10.2 Å². The van der Waals surface area contributed by atoms with Gasteiger partial charge < -0.3 is 14.6 Å². The van der Waals surface area contributed by atoms with E-state index in [9.17, 15) is 18.0 Å². The van der Waals surface area contributed by atoms with Gasteiger partial charge in [-0.05, 0) is 52.2 Å². The van der Waals surface area contributed by atoms with Crippen molar-refractivity contribution >= 4 is 23.5 Å². The van der Waals surface area contributed by atoms with Gasteiger partial charge in [0.2, 0.25) is 0 Å². The van der Waals surface area contributed by atoms with E-state index in [1.54, 1.807) is 12.1 Å². The number of alkyl halides is 3. The number of hydrogen-bond acceptors (Lipinski definition) is 6. The van der Waals surface area contributed by atoms with E-state index in [2.05, 4.69) is 15.3 Å². The molecule has 1 aliphatic heterocycles. The number of hydrogen-bond donors (Lipinski definition) is 1. The summed E-state index contributed by atoms with van der Waals surface area (Å²) in [7, 11) is 0. The van der Waals surface area contributed by atoms with Crippen molar-refractivity contribution in [2.75, 3.05) is 11.4 Å². The molecule has 1 N–H and O–H groups in total. The fraction of sp³-hybridized carbons (Fsp3) is 0.550. The first-order valence-corrected chi connectivity index (χ1v) is 10.9. The molecule has 1 fully saturated rings. The highest BCUT2D eigenvalue weighted by Gasteiger charge is 2.35. The van der Waals surface area contributed by atoms with Crippen LogP contribution in [0.3, 0.4) is 0 Å². The van der Waals surface area contributed by atoms with Crippen LogP contribution in [-0.2, 0) is 11.9 Å². The van der Waals surface area contributed by atoms with Crippen LogP contribution in [0.25, 0.3) is 0 Å². The normalized spacial score (nSPS) is 17.4. The second-order valence-corrected chi connectivity index (χ2v) is 8.56. The molecule has 6 nitrogen and oxygen atoms in total. The van der Waals surface area contributed by atoms with Crippen molar-refractivity contribution in [2.45, 2.75) is 69.2 Å². The number of thioether (sulfide) groups is 1. The number of halogens is 3. The minimum atomic E-state index is -4.56. The molecule has 30 heavy (non-hydrogen) atoms. The first kappa shape index (κ1) is 22.5. The Hall–Kier alpha value is -2.23. The number of carbonyl (C=O) groups is 1. The van der Waals surface area contributed by atoms with Gasteiger partial charge in [-0.1, -0.05) is 11.8 Å². The topological polar surface area (TPSA) is 71.3 Å². The number of amides is 1. The Morgan fingerprint density at radius 2 is 2.10 bits per heavy atom. The summed E-state index contributed by atoms with van der Waals surface area (Å²) in [6, 6.07) is 4.28. The molecule has 0 aliphatic carbocycles. The number of aromatic nitrogens is 2. The predicted molar refractivity (Wildman–Crippen MR) is 109 cm³/mol. The van der Waals surface area contributed by atoms with E-state index in [4.69, 9.17) is 4.42 Å². The van der Waals surface area contributed by atoms with Gasteiger partial charge in [-0.15, -0.1) is 0 Å². The first-order chi connectivity index (χ1) is 14.1. The summed E-state index contributed by atoms with van der Waals surface area (Å²) in [5.41, 5.74) is -0.954. The van der Waals surface area contributed by atoms with Crippen molar-refractivity contribution in [3.05, 3.63) is 35.4 Å². The lowest BCUT2D eigenvalue weighted by Gasteiger charge is -2.34. The highest BCUT2D eigenvalue weighted by atomic mass is 32.2. The summed E-state index contributed by atoms with van der Waals surface area (Å²) in [6.45, 7) is 6.34. The molecular weight excluding hydrogens is 417 g/mol. The van der Waals surface area contributed by atoms with Crippen molar-refractivity contribution in [1.29, 1.82) is 0 Å². The van der Waals surface area contributed by atoms with E-state index in [0.29, 0.717) is 18.1 Å². The van der Waals surface area contributed by atoms with Crippen molar-refractivity contribution in [3.63, 3.8) is 0 Å². The molecule has 0 saturated carbocycles. The molecule has 2 aromatic heterocycles. The maximum atomic E-state index is 13.4. The summed E-state index contributed by atoms with van der Waals surface area (Å²) >= 11 is 1.05. The number of nitrogens with one attached hydrogen (secondary N) is 1. The molecule has 2 aromatic rings. The van der Waals surface area contributed by atoms with Crippen LogP contribution >= 0.6 is 11.8 Å². The molecule has 1 atom stereocenters. The fourth-order valence-corrected chi connectivity index (χ4v) is 4.00. The highest BCUT2D eigenvalue weighted by molar-refractivity contribution is 7.98. The van der Waals surface area contributed by atoms with Gasteiger partial charge in [0.05, 0.1) is 5.75 Å². The first-order valence-electron chi connectivity index (χ1n) is 9.89. The van der Waals surface area contributed by atoms with Crippen LogP contribution in [0.15, 0.2) is 27.8 Å². The Morgan fingerprint density at radius 1 is 1.33 bits per heavy atom. The third-order valence-electron chi connectivity index (χ3n) is 4.73. The molecule has 0 unspecified atom stereocenters. The average molecular weight is 443 g/mol. The quantitative estimate of drug-likeness (QED) is 0.507. The zero-order valence-corrected chi connectivity index (χ0v) is 17.9. The van der Waals surface area contributed by atoms with E-state index in [-0.39, 0.29) is 34.7 Å². The number of carbonyl (C=O) groups excluding carboxylic acids is 1. The lowest BCUT2D eigenvalue weighted by Crippen LogP contribution is -2.38. The fourth-order valence-electron chi connectivity index (χ4n) is 3.25. The average Bonchev–Trinajstić information content (AvgIpc) is 3.14. The smallest absolute Gasteiger partial charge is 0.433 e.